The molecular formula is H2ClCuFZn. The van der Waals surface area contributed by atoms with Gasteiger partial charge in [-0.05, 0) is 0 Å². The van der Waals surface area contributed by atoms with Gasteiger partial charge in [-0.3, -0.25) is 4.70 Å². The summed E-state index contributed by atoms with van der Waals surface area (Å²) in [5, 5.41) is 0. The maximum atomic E-state index is 0. The van der Waals surface area contributed by atoms with E-state index in [4.69, 9.17) is 0 Å². The van der Waals surface area contributed by atoms with Crippen molar-refractivity contribution in [2.24, 2.45) is 0 Å². The van der Waals surface area contributed by atoms with E-state index < -0.39 is 0 Å². The van der Waals surface area contributed by atoms with Crippen LogP contribution in [0.2, 0.25) is 0 Å². The van der Waals surface area contributed by atoms with Gasteiger partial charge in [0.1, 0.15) is 0 Å². The van der Waals surface area contributed by atoms with Gasteiger partial charge in [-0.25, -0.2) is 0 Å². The second kappa shape index (κ2) is 26.6. The quantitative estimate of drug-likeness (QED) is 0.484. The molecule has 1 radical (unpaired) electrons. The van der Waals surface area contributed by atoms with Crippen LogP contribution in [0.1, 0.15) is 0 Å². The van der Waals surface area contributed by atoms with Gasteiger partial charge in [0.15, 0.2) is 0 Å². The fourth-order valence-corrected chi connectivity index (χ4v) is 0. The Morgan fingerprint density at radius 2 is 1.00 bits per heavy atom. The van der Waals surface area contributed by atoms with Crippen LogP contribution in [0.4, 0.5) is 4.70 Å². The van der Waals surface area contributed by atoms with Gasteiger partial charge in [0.25, 0.3) is 0 Å². The third-order valence-electron chi connectivity index (χ3n) is 0. The van der Waals surface area contributed by atoms with Gasteiger partial charge in [-0.2, -0.15) is 0 Å². The predicted molar refractivity (Wildman–Crippen MR) is 9.75 cm³/mol. The van der Waals surface area contributed by atoms with Crippen molar-refractivity contribution in [1.82, 2.24) is 0 Å². The molecule has 0 aromatic carbocycles. The topological polar surface area (TPSA) is 0 Å². The SMILES string of the molecule is Cl.F.[Cu].[Zn]. The predicted octanol–water partition coefficient (Wildman–Crippen LogP) is 0.569. The van der Waals surface area contributed by atoms with E-state index in [9.17, 15) is 0 Å². The summed E-state index contributed by atoms with van der Waals surface area (Å²) in [6.07, 6.45) is 0. The standard InChI is InChI=1S/ClH.Cu.FH.Zn/h1H;;1H;. The Morgan fingerprint density at radius 3 is 1.00 bits per heavy atom. The number of hydrogen-bond donors (Lipinski definition) is 0. The summed E-state index contributed by atoms with van der Waals surface area (Å²) < 4.78 is 0. The van der Waals surface area contributed by atoms with Crippen LogP contribution in [0.5, 0.6) is 0 Å². The smallest absolute Gasteiger partial charge is 0 e. The minimum Gasteiger partial charge on any atom is -0.269 e. The van der Waals surface area contributed by atoms with E-state index in [-0.39, 0.29) is 53.7 Å². The first-order valence-electron chi connectivity index (χ1n) is 0. The largest absolute Gasteiger partial charge is 0.269 e. The summed E-state index contributed by atoms with van der Waals surface area (Å²) in [6.45, 7) is 0. The molecule has 0 fully saturated rings. The molecule has 0 nitrogen and oxygen atoms in total. The van der Waals surface area contributed by atoms with Crippen molar-refractivity contribution in [2.45, 2.75) is 0 Å². The molecule has 0 aliphatic carbocycles. The van der Waals surface area contributed by atoms with E-state index in [0.717, 1.165) is 0 Å². The summed E-state index contributed by atoms with van der Waals surface area (Å²) in [4.78, 5) is 0. The van der Waals surface area contributed by atoms with E-state index in [1.807, 2.05) is 0 Å². The van der Waals surface area contributed by atoms with Crippen LogP contribution < -0.4 is 0 Å². The molecular weight excluding hydrogens is 183 g/mol. The van der Waals surface area contributed by atoms with Crippen molar-refractivity contribution < 1.29 is 41.3 Å². The number of rotatable bonds is 0. The molecule has 0 saturated heterocycles. The average molecular weight is 185 g/mol. The monoisotopic (exact) mass is 183 g/mol. The Hall–Kier alpha value is 1.36. The van der Waals surface area contributed by atoms with Crippen molar-refractivity contribution in [3.8, 4) is 0 Å². The van der Waals surface area contributed by atoms with Gasteiger partial charge in [-0.15, -0.1) is 12.4 Å². The zero-order valence-corrected chi connectivity index (χ0v) is 6.55. The molecule has 0 aliphatic rings. The molecule has 0 rings (SSSR count). The molecule has 29 valence electrons. The van der Waals surface area contributed by atoms with Gasteiger partial charge in [0.2, 0.25) is 0 Å². The van der Waals surface area contributed by atoms with Gasteiger partial charge in [-0.1, -0.05) is 0 Å². The van der Waals surface area contributed by atoms with E-state index >= 15 is 0 Å². The van der Waals surface area contributed by atoms with Crippen LogP contribution in [0.3, 0.4) is 0 Å². The second-order valence-electron chi connectivity index (χ2n) is 0. The van der Waals surface area contributed by atoms with E-state index in [2.05, 4.69) is 0 Å². The molecule has 0 saturated carbocycles. The minimum absolute atomic E-state index is 0. The van der Waals surface area contributed by atoms with Crippen molar-refractivity contribution in [3.05, 3.63) is 0 Å². The third-order valence-corrected chi connectivity index (χ3v) is 0. The molecule has 0 aromatic heterocycles. The molecule has 0 bridgehead atoms. The van der Waals surface area contributed by atoms with Crippen molar-refractivity contribution in [2.75, 3.05) is 0 Å². The average Bonchev–Trinajstić information content (AvgIpc) is 0. The molecule has 0 N–H and O–H groups in total. The van der Waals surface area contributed by atoms with Crippen molar-refractivity contribution in [1.29, 1.82) is 0 Å². The zero-order chi connectivity index (χ0) is 0. The molecule has 0 atom stereocenters. The van der Waals surface area contributed by atoms with E-state index in [1.165, 1.54) is 0 Å². The minimum atomic E-state index is 0. The van der Waals surface area contributed by atoms with Crippen LogP contribution in [0.25, 0.3) is 0 Å². The normalized spacial score (nSPS) is 0. The molecule has 4 heavy (non-hydrogen) atoms. The molecule has 0 aromatic rings. The van der Waals surface area contributed by atoms with Gasteiger partial charge in [0.05, 0.1) is 0 Å². The molecule has 0 unspecified atom stereocenters. The summed E-state index contributed by atoms with van der Waals surface area (Å²) in [6, 6.07) is 0. The van der Waals surface area contributed by atoms with Gasteiger partial charge >= 0.3 is 0 Å². The Balaban J connectivity index is 0. The summed E-state index contributed by atoms with van der Waals surface area (Å²) in [7, 11) is 0. The Labute approximate surface area is 53.7 Å². The van der Waals surface area contributed by atoms with Crippen LogP contribution >= 0.6 is 12.4 Å². The fraction of sp³-hybridized carbons (Fsp3) is 0. The molecule has 0 amide bonds. The van der Waals surface area contributed by atoms with Gasteiger partial charge < -0.3 is 0 Å². The van der Waals surface area contributed by atoms with Crippen molar-refractivity contribution in [3.63, 3.8) is 0 Å². The van der Waals surface area contributed by atoms with E-state index in [1.54, 1.807) is 0 Å². The third kappa shape index (κ3) is 10.1. The molecule has 0 heterocycles. The van der Waals surface area contributed by atoms with Crippen molar-refractivity contribution >= 4 is 12.4 Å². The fourth-order valence-electron chi connectivity index (χ4n) is 0. The first-order valence-corrected chi connectivity index (χ1v) is 0. The molecule has 0 spiro atoms. The Morgan fingerprint density at radius 1 is 1.00 bits per heavy atom. The zero-order valence-electron chi connectivity index (χ0n) is 1.83. The number of hydrogen-bond acceptors (Lipinski definition) is 0. The maximum Gasteiger partial charge on any atom is 0 e. The Kier molecular flexibility index (Phi) is 365. The van der Waals surface area contributed by atoms with Gasteiger partial charge in [0, 0.05) is 36.5 Å². The molecule has 0 aliphatic heterocycles. The number of halogens is 2. The second-order valence-corrected chi connectivity index (χ2v) is 0. The van der Waals surface area contributed by atoms with Crippen LogP contribution in [0.15, 0.2) is 0 Å². The maximum absolute atomic E-state index is 0. The summed E-state index contributed by atoms with van der Waals surface area (Å²) >= 11 is 0. The molecule has 4 heteroatoms. The van der Waals surface area contributed by atoms with Crippen LogP contribution in [-0.4, -0.2) is 0 Å². The van der Waals surface area contributed by atoms with Crippen LogP contribution in [-0.2, 0) is 36.5 Å². The van der Waals surface area contributed by atoms with E-state index in [0.29, 0.717) is 0 Å². The summed E-state index contributed by atoms with van der Waals surface area (Å²) in [5.41, 5.74) is 0. The first-order chi connectivity index (χ1) is 0. The Bertz CT molecular complexity index is 8.00. The first kappa shape index (κ1) is 55.0. The summed E-state index contributed by atoms with van der Waals surface area (Å²) in [5.74, 6) is 0. The van der Waals surface area contributed by atoms with Crippen LogP contribution in [0, 0.1) is 0 Å².